The SMILES string of the molecule is C#C.C/C(Cl)=C\CCl.C/C=C(\C)c1cn(C)c(/C=C/c2ccc(-c3ccc(OC)cc3)cc2)n1.CCC(C)(C)CCNC=O.CCCC. The standard InChI is InChI=1S/C23H24N2O.C8H17NO.C4H6Cl2.C4H10.C2H2/c1-5-17(2)22-16-25(3)23(24-22)15-8-18-6-9-19(10-7-18)20-11-13-21(26-4)14-12-20;1-4-8(2,3)5-6-9-7-10;1-4(6)2-3-5;1-3-4-2;1-2/h5-16H,1-4H3;7H,4-6H2,1-3H3,(H,9,10);2H,3H2,1H3;3-4H2,1-2H3;1-2H/b15-8+,17-5+;;4-2+;;. The van der Waals surface area contributed by atoms with Crippen LogP contribution in [0.3, 0.4) is 0 Å². The number of aromatic nitrogens is 2. The fourth-order valence-electron chi connectivity index (χ4n) is 3.47. The molecule has 3 aromatic rings. The molecule has 0 saturated carbocycles. The van der Waals surface area contributed by atoms with Crippen molar-refractivity contribution in [3.05, 3.63) is 89.0 Å². The lowest BCUT2D eigenvalue weighted by atomic mass is 9.87. The molecule has 1 heterocycles. The number of halogens is 2. The first-order valence-electron chi connectivity index (χ1n) is 16.4. The summed E-state index contributed by atoms with van der Waals surface area (Å²) in [4.78, 5) is 14.5. The Morgan fingerprint density at radius 3 is 1.92 bits per heavy atom. The first-order valence-corrected chi connectivity index (χ1v) is 17.3. The number of amides is 1. The number of nitrogens with zero attached hydrogens (tertiary/aromatic N) is 2. The van der Waals surface area contributed by atoms with Gasteiger partial charge in [-0.15, -0.1) is 24.4 Å². The molecule has 5 nitrogen and oxygen atoms in total. The lowest BCUT2D eigenvalue weighted by Gasteiger charge is -2.21. The van der Waals surface area contributed by atoms with Crippen LogP contribution in [0.5, 0.6) is 5.75 Å². The number of imidazole rings is 1. The molecule has 0 radical (unpaired) electrons. The summed E-state index contributed by atoms with van der Waals surface area (Å²) >= 11 is 10.6. The van der Waals surface area contributed by atoms with Crippen molar-refractivity contribution in [2.24, 2.45) is 12.5 Å². The van der Waals surface area contributed by atoms with Crippen LogP contribution in [0.4, 0.5) is 0 Å². The molecule has 7 heteroatoms. The zero-order chi connectivity index (χ0) is 37.0. The van der Waals surface area contributed by atoms with Crippen LogP contribution in [-0.2, 0) is 11.8 Å². The summed E-state index contributed by atoms with van der Waals surface area (Å²) in [5, 5.41) is 3.41. The Morgan fingerprint density at radius 1 is 0.979 bits per heavy atom. The number of unbranched alkanes of at least 4 members (excludes halogenated alkanes) is 1. The van der Waals surface area contributed by atoms with Crippen molar-refractivity contribution in [3.63, 3.8) is 0 Å². The van der Waals surface area contributed by atoms with Crippen molar-refractivity contribution in [2.45, 2.75) is 81.1 Å². The lowest BCUT2D eigenvalue weighted by molar-refractivity contribution is -0.109. The lowest BCUT2D eigenvalue weighted by Crippen LogP contribution is -2.20. The van der Waals surface area contributed by atoms with Crippen molar-refractivity contribution in [1.29, 1.82) is 0 Å². The number of terminal acetylenes is 1. The van der Waals surface area contributed by atoms with Gasteiger partial charge in [0.1, 0.15) is 11.6 Å². The van der Waals surface area contributed by atoms with Crippen molar-refractivity contribution >= 4 is 47.3 Å². The zero-order valence-electron chi connectivity index (χ0n) is 30.9. The van der Waals surface area contributed by atoms with Crippen LogP contribution in [0.15, 0.2) is 71.9 Å². The maximum absolute atomic E-state index is 9.87. The van der Waals surface area contributed by atoms with Gasteiger partial charge >= 0.3 is 0 Å². The highest BCUT2D eigenvalue weighted by Gasteiger charge is 2.13. The topological polar surface area (TPSA) is 56.1 Å². The van der Waals surface area contributed by atoms with E-state index in [9.17, 15) is 4.79 Å². The molecule has 0 bridgehead atoms. The molecule has 2 aromatic carbocycles. The minimum atomic E-state index is 0.371. The molecule has 0 aliphatic heterocycles. The largest absolute Gasteiger partial charge is 0.497 e. The number of alkyl halides is 1. The molecule has 0 aliphatic carbocycles. The Hall–Kier alpha value is -3.72. The molecule has 0 atom stereocenters. The van der Waals surface area contributed by atoms with Crippen molar-refractivity contribution in [3.8, 4) is 29.7 Å². The Labute approximate surface area is 302 Å². The monoisotopic (exact) mass is 695 g/mol. The summed E-state index contributed by atoms with van der Waals surface area (Å²) in [6, 6.07) is 16.6. The number of aryl methyl sites for hydroxylation is 1. The number of rotatable bonds is 12. The second-order valence-electron chi connectivity index (χ2n) is 11.5. The average Bonchev–Trinajstić information content (AvgIpc) is 3.48. The fourth-order valence-corrected chi connectivity index (χ4v) is 3.85. The van der Waals surface area contributed by atoms with E-state index in [1.165, 1.54) is 29.5 Å². The number of carbonyl (C=O) groups is 1. The maximum atomic E-state index is 9.87. The molecule has 1 amide bonds. The van der Waals surface area contributed by atoms with Gasteiger partial charge in [0.25, 0.3) is 0 Å². The van der Waals surface area contributed by atoms with E-state index in [2.05, 4.69) is 126 Å². The number of allylic oxidation sites excluding steroid dienone is 4. The molecule has 1 N–H and O–H groups in total. The number of carbonyl (C=O) groups excluding carboxylic acids is 1. The summed E-state index contributed by atoms with van der Waals surface area (Å²) in [5.41, 5.74) is 6.09. The third kappa shape index (κ3) is 21.2. The molecule has 0 fully saturated rings. The van der Waals surface area contributed by atoms with Crippen LogP contribution in [0.1, 0.15) is 98.2 Å². The van der Waals surface area contributed by atoms with Gasteiger partial charge in [-0.25, -0.2) is 4.98 Å². The molecule has 0 saturated heterocycles. The molecule has 0 unspecified atom stereocenters. The van der Waals surface area contributed by atoms with Gasteiger partial charge in [0.2, 0.25) is 6.41 Å². The summed E-state index contributed by atoms with van der Waals surface area (Å²) in [6.07, 6.45) is 23.6. The smallest absolute Gasteiger partial charge is 0.207 e. The van der Waals surface area contributed by atoms with E-state index in [0.29, 0.717) is 11.3 Å². The summed E-state index contributed by atoms with van der Waals surface area (Å²) in [7, 11) is 3.70. The van der Waals surface area contributed by atoms with Crippen LogP contribution in [0.2, 0.25) is 0 Å². The van der Waals surface area contributed by atoms with Crippen molar-refractivity contribution in [2.75, 3.05) is 19.5 Å². The summed E-state index contributed by atoms with van der Waals surface area (Å²) in [6.45, 7) is 17.6. The van der Waals surface area contributed by atoms with Gasteiger partial charge in [-0.3, -0.25) is 4.79 Å². The van der Waals surface area contributed by atoms with E-state index in [4.69, 9.17) is 27.9 Å². The van der Waals surface area contributed by atoms with Gasteiger partial charge in [0.15, 0.2) is 0 Å². The first kappa shape index (κ1) is 46.4. The Bertz CT molecular complexity index is 1360. The molecule has 3 rings (SSSR count). The summed E-state index contributed by atoms with van der Waals surface area (Å²) in [5.74, 6) is 2.33. The first-order chi connectivity index (χ1) is 22.9. The van der Waals surface area contributed by atoms with E-state index in [0.717, 1.165) is 53.7 Å². The zero-order valence-corrected chi connectivity index (χ0v) is 32.5. The Kier molecular flexibility index (Phi) is 27.4. The highest BCUT2D eigenvalue weighted by atomic mass is 35.5. The predicted molar refractivity (Wildman–Crippen MR) is 213 cm³/mol. The molecule has 1 aromatic heterocycles. The van der Waals surface area contributed by atoms with E-state index < -0.39 is 0 Å². The quantitative estimate of drug-likeness (QED) is 0.0887. The van der Waals surface area contributed by atoms with Gasteiger partial charge in [-0.1, -0.05) is 120 Å². The third-order valence-electron chi connectivity index (χ3n) is 7.35. The Balaban J connectivity index is 0. The molecule has 264 valence electrons. The molecular formula is C41H59Cl2N3O2. The number of hydrogen-bond acceptors (Lipinski definition) is 3. The second-order valence-corrected chi connectivity index (χ2v) is 12.4. The van der Waals surface area contributed by atoms with E-state index >= 15 is 0 Å². The van der Waals surface area contributed by atoms with Gasteiger partial charge in [-0.05, 0) is 73.1 Å². The Morgan fingerprint density at radius 2 is 1.52 bits per heavy atom. The normalized spacial score (nSPS) is 11.0. The number of benzene rings is 2. The minimum absolute atomic E-state index is 0.371. The maximum Gasteiger partial charge on any atom is 0.207 e. The van der Waals surface area contributed by atoms with Gasteiger partial charge < -0.3 is 14.6 Å². The number of hydrogen-bond donors (Lipinski definition) is 1. The van der Waals surface area contributed by atoms with Crippen LogP contribution in [0.25, 0.3) is 28.9 Å². The van der Waals surface area contributed by atoms with Gasteiger partial charge in [-0.2, -0.15) is 0 Å². The highest BCUT2D eigenvalue weighted by Crippen LogP contribution is 2.24. The van der Waals surface area contributed by atoms with Gasteiger partial charge in [0.05, 0.1) is 12.8 Å². The van der Waals surface area contributed by atoms with Crippen molar-refractivity contribution in [1.82, 2.24) is 14.9 Å². The minimum Gasteiger partial charge on any atom is -0.497 e. The predicted octanol–water partition coefficient (Wildman–Crippen LogP) is 11.7. The average molecular weight is 697 g/mol. The van der Waals surface area contributed by atoms with Gasteiger partial charge in [0, 0.05) is 30.7 Å². The third-order valence-corrected chi connectivity index (χ3v) is 7.66. The number of ether oxygens (including phenoxy) is 1. The van der Waals surface area contributed by atoms with Crippen LogP contribution >= 0.6 is 23.2 Å². The molecular weight excluding hydrogens is 637 g/mol. The highest BCUT2D eigenvalue weighted by molar-refractivity contribution is 6.30. The van der Waals surface area contributed by atoms with Crippen molar-refractivity contribution < 1.29 is 9.53 Å². The van der Waals surface area contributed by atoms with Crippen LogP contribution in [-0.4, -0.2) is 35.5 Å². The van der Waals surface area contributed by atoms with E-state index in [1.807, 2.05) is 30.7 Å². The molecule has 0 aliphatic rings. The number of methoxy groups -OCH3 is 1. The van der Waals surface area contributed by atoms with Crippen LogP contribution < -0.4 is 10.1 Å². The molecule has 0 spiro atoms. The van der Waals surface area contributed by atoms with E-state index in [-0.39, 0.29) is 0 Å². The molecule has 48 heavy (non-hydrogen) atoms. The van der Waals surface area contributed by atoms with Crippen LogP contribution in [0, 0.1) is 18.3 Å². The summed E-state index contributed by atoms with van der Waals surface area (Å²) < 4.78 is 7.26. The number of nitrogens with one attached hydrogen (secondary N) is 1. The van der Waals surface area contributed by atoms with E-state index in [1.54, 1.807) is 20.1 Å². The fraction of sp³-hybridized carbons (Fsp3) is 0.415. The second kappa shape index (κ2) is 28.3.